The van der Waals surface area contributed by atoms with Crippen molar-refractivity contribution in [3.8, 4) is 0 Å². The molecule has 114 valence electrons. The number of carbonyl (C=O) groups excluding carboxylic acids is 2. The summed E-state index contributed by atoms with van der Waals surface area (Å²) in [7, 11) is 3.24. The van der Waals surface area contributed by atoms with E-state index in [0.717, 1.165) is 0 Å². The second-order valence-corrected chi connectivity index (χ2v) is 5.19. The van der Waals surface area contributed by atoms with Crippen molar-refractivity contribution in [2.75, 3.05) is 33.7 Å². The van der Waals surface area contributed by atoms with Gasteiger partial charge in [0, 0.05) is 33.7 Å². The number of hydrogen-bond acceptors (Lipinski definition) is 3. The lowest BCUT2D eigenvalue weighted by molar-refractivity contribution is -0.147. The van der Waals surface area contributed by atoms with E-state index < -0.39 is 17.5 Å². The fourth-order valence-electron chi connectivity index (χ4n) is 2.10. The predicted octanol–water partition coefficient (Wildman–Crippen LogP) is -0.0937. The quantitative estimate of drug-likeness (QED) is 0.628. The first kappa shape index (κ1) is 16.1. The summed E-state index contributed by atoms with van der Waals surface area (Å²) in [6.45, 7) is 2.53. The molecule has 1 rings (SSSR count). The number of carbonyl (C=O) groups is 3. The smallest absolute Gasteiger partial charge is 0.329 e. The van der Waals surface area contributed by atoms with Crippen molar-refractivity contribution in [3.63, 3.8) is 0 Å². The highest BCUT2D eigenvalue weighted by atomic mass is 16.4. The molecule has 1 saturated heterocycles. The zero-order valence-corrected chi connectivity index (χ0v) is 12.1. The lowest BCUT2D eigenvalue weighted by Gasteiger charge is -2.31. The maximum atomic E-state index is 12.0. The van der Waals surface area contributed by atoms with Crippen molar-refractivity contribution in [2.45, 2.75) is 25.3 Å². The van der Waals surface area contributed by atoms with Crippen LogP contribution in [0.2, 0.25) is 0 Å². The van der Waals surface area contributed by atoms with Gasteiger partial charge in [-0.2, -0.15) is 0 Å². The highest BCUT2D eigenvalue weighted by Gasteiger charge is 2.45. The van der Waals surface area contributed by atoms with Crippen LogP contribution in [0.5, 0.6) is 0 Å². The Morgan fingerprint density at radius 2 is 1.85 bits per heavy atom. The van der Waals surface area contributed by atoms with E-state index in [9.17, 15) is 19.5 Å². The van der Waals surface area contributed by atoms with E-state index in [1.54, 1.807) is 21.0 Å². The first-order chi connectivity index (χ1) is 9.29. The summed E-state index contributed by atoms with van der Waals surface area (Å²) in [5, 5.41) is 14.4. The number of carboxylic acid groups (broad SMARTS) is 1. The minimum absolute atomic E-state index is 0.240. The molecule has 1 unspecified atom stereocenters. The predicted molar refractivity (Wildman–Crippen MR) is 72.5 cm³/mol. The molecule has 1 aliphatic heterocycles. The number of amides is 4. The molecule has 8 heteroatoms. The van der Waals surface area contributed by atoms with Crippen LogP contribution >= 0.6 is 0 Å². The number of carboxylic acids is 1. The van der Waals surface area contributed by atoms with Crippen LogP contribution in [0.1, 0.15) is 19.8 Å². The maximum Gasteiger partial charge on any atom is 0.329 e. The van der Waals surface area contributed by atoms with Crippen molar-refractivity contribution in [3.05, 3.63) is 0 Å². The van der Waals surface area contributed by atoms with Crippen molar-refractivity contribution >= 4 is 18.0 Å². The first-order valence-electron chi connectivity index (χ1n) is 6.53. The Morgan fingerprint density at radius 1 is 1.25 bits per heavy atom. The number of urea groups is 2. The van der Waals surface area contributed by atoms with E-state index in [1.807, 2.05) is 0 Å². The Morgan fingerprint density at radius 3 is 2.40 bits per heavy atom. The summed E-state index contributed by atoms with van der Waals surface area (Å²) in [4.78, 5) is 37.2. The van der Waals surface area contributed by atoms with Gasteiger partial charge in [-0.3, -0.25) is 0 Å². The second kappa shape index (κ2) is 6.44. The van der Waals surface area contributed by atoms with Gasteiger partial charge >= 0.3 is 18.0 Å². The summed E-state index contributed by atoms with van der Waals surface area (Å²) < 4.78 is 0. The van der Waals surface area contributed by atoms with E-state index in [1.165, 1.54) is 9.80 Å². The van der Waals surface area contributed by atoms with Gasteiger partial charge in [-0.25, -0.2) is 14.4 Å². The third-order valence-electron chi connectivity index (χ3n) is 3.43. The Labute approximate surface area is 118 Å². The number of nitrogens with one attached hydrogen (secondary N) is 2. The van der Waals surface area contributed by atoms with Crippen LogP contribution in [0.25, 0.3) is 0 Å². The lowest BCUT2D eigenvalue weighted by atomic mass is 10.00. The molecule has 1 heterocycles. The third kappa shape index (κ3) is 3.52. The molecule has 0 spiro atoms. The van der Waals surface area contributed by atoms with Gasteiger partial charge in [0.15, 0.2) is 0 Å². The molecule has 0 aromatic carbocycles. The minimum Gasteiger partial charge on any atom is -0.480 e. The number of hydrogen-bond donors (Lipinski definition) is 3. The molecule has 0 aromatic rings. The van der Waals surface area contributed by atoms with Gasteiger partial charge < -0.3 is 25.5 Å². The fraction of sp³-hybridized carbons (Fsp3) is 0.750. The number of nitrogens with zero attached hydrogens (tertiary/aromatic N) is 2. The molecule has 3 N–H and O–H groups in total. The molecule has 0 aromatic heterocycles. The van der Waals surface area contributed by atoms with E-state index in [0.29, 0.717) is 25.9 Å². The van der Waals surface area contributed by atoms with Crippen LogP contribution in [0, 0.1) is 0 Å². The average Bonchev–Trinajstić information content (AvgIpc) is 2.77. The van der Waals surface area contributed by atoms with E-state index in [-0.39, 0.29) is 12.6 Å². The molecule has 8 nitrogen and oxygen atoms in total. The Balaban J connectivity index is 2.40. The second-order valence-electron chi connectivity index (χ2n) is 5.19. The standard InChI is InChI=1S/C12H22N4O4/c1-12(9(17)18)5-4-8-16(12)11(20)14-7-6-13-10(19)15(2)3/h4-8H2,1-3H3,(H,13,19)(H,14,20)(H,17,18). The molecule has 1 fully saturated rings. The molecule has 4 amide bonds. The van der Waals surface area contributed by atoms with Gasteiger partial charge in [-0.05, 0) is 19.8 Å². The number of likely N-dealkylation sites (tertiary alicyclic amines) is 1. The molecular weight excluding hydrogens is 264 g/mol. The average molecular weight is 286 g/mol. The van der Waals surface area contributed by atoms with Gasteiger partial charge in [0.05, 0.1) is 0 Å². The van der Waals surface area contributed by atoms with E-state index in [2.05, 4.69) is 10.6 Å². The van der Waals surface area contributed by atoms with Crippen molar-refractivity contribution in [1.29, 1.82) is 0 Å². The van der Waals surface area contributed by atoms with Gasteiger partial charge in [0.2, 0.25) is 0 Å². The Kier molecular flexibility index (Phi) is 5.18. The summed E-state index contributed by atoms with van der Waals surface area (Å²) in [5.74, 6) is -0.994. The molecule has 0 aliphatic carbocycles. The van der Waals surface area contributed by atoms with E-state index >= 15 is 0 Å². The number of rotatable bonds is 4. The fourth-order valence-corrected chi connectivity index (χ4v) is 2.10. The van der Waals surface area contributed by atoms with Crippen LogP contribution in [-0.2, 0) is 4.79 Å². The topological polar surface area (TPSA) is 102 Å². The minimum atomic E-state index is -1.14. The largest absolute Gasteiger partial charge is 0.480 e. The SMILES string of the molecule is CN(C)C(=O)NCCNC(=O)N1CCCC1(C)C(=O)O. The first-order valence-corrected chi connectivity index (χ1v) is 6.53. The van der Waals surface area contributed by atoms with Crippen molar-refractivity contribution in [1.82, 2.24) is 20.4 Å². The third-order valence-corrected chi connectivity index (χ3v) is 3.43. The molecule has 0 bridgehead atoms. The van der Waals surface area contributed by atoms with E-state index in [4.69, 9.17) is 0 Å². The highest BCUT2D eigenvalue weighted by Crippen LogP contribution is 2.28. The number of aliphatic carboxylic acids is 1. The molecule has 1 atom stereocenters. The van der Waals surface area contributed by atoms with Gasteiger partial charge in [0.25, 0.3) is 0 Å². The molecule has 0 saturated carbocycles. The van der Waals surface area contributed by atoms with Crippen LogP contribution in [0.3, 0.4) is 0 Å². The summed E-state index contributed by atoms with van der Waals surface area (Å²) in [6.07, 6.45) is 1.13. The van der Waals surface area contributed by atoms with Crippen LogP contribution in [-0.4, -0.2) is 72.2 Å². The zero-order chi connectivity index (χ0) is 15.3. The van der Waals surface area contributed by atoms with Crippen molar-refractivity contribution in [2.24, 2.45) is 0 Å². The van der Waals surface area contributed by atoms with Gasteiger partial charge in [-0.15, -0.1) is 0 Å². The molecule has 0 radical (unpaired) electrons. The van der Waals surface area contributed by atoms with Crippen molar-refractivity contribution < 1.29 is 19.5 Å². The van der Waals surface area contributed by atoms with Gasteiger partial charge in [-0.1, -0.05) is 0 Å². The monoisotopic (exact) mass is 286 g/mol. The zero-order valence-electron chi connectivity index (χ0n) is 12.1. The van der Waals surface area contributed by atoms with Gasteiger partial charge in [0.1, 0.15) is 5.54 Å². The normalized spacial score (nSPS) is 21.4. The Bertz CT molecular complexity index is 399. The summed E-state index contributed by atoms with van der Waals surface area (Å²) in [5.41, 5.74) is -1.14. The summed E-state index contributed by atoms with van der Waals surface area (Å²) >= 11 is 0. The molecule has 1 aliphatic rings. The summed E-state index contributed by atoms with van der Waals surface area (Å²) in [6, 6.07) is -0.651. The maximum absolute atomic E-state index is 12.0. The highest BCUT2D eigenvalue weighted by molar-refractivity contribution is 5.86. The molecular formula is C12H22N4O4. The Hall–Kier alpha value is -1.99. The van der Waals surface area contributed by atoms with Crippen LogP contribution in [0.4, 0.5) is 9.59 Å². The van der Waals surface area contributed by atoms with Crippen LogP contribution in [0.15, 0.2) is 0 Å². The van der Waals surface area contributed by atoms with Crippen LogP contribution < -0.4 is 10.6 Å². The lowest BCUT2D eigenvalue weighted by Crippen LogP contribution is -2.54. The molecule has 20 heavy (non-hydrogen) atoms.